The van der Waals surface area contributed by atoms with Gasteiger partial charge in [-0.1, -0.05) is 206 Å². The fourth-order valence-electron chi connectivity index (χ4n) is 6.46. The summed E-state index contributed by atoms with van der Waals surface area (Å²) in [6, 6.07) is -0.426. The van der Waals surface area contributed by atoms with E-state index in [0.717, 1.165) is 25.8 Å². The van der Waals surface area contributed by atoms with Crippen LogP contribution in [0.1, 0.15) is 232 Å². The van der Waals surface area contributed by atoms with Crippen molar-refractivity contribution in [3.05, 3.63) is 0 Å². The summed E-state index contributed by atoms with van der Waals surface area (Å²) >= 11 is 0. The van der Waals surface area contributed by atoms with Gasteiger partial charge in [0.1, 0.15) is 6.04 Å². The maximum atomic E-state index is 12.7. The summed E-state index contributed by atoms with van der Waals surface area (Å²) in [6.07, 6.45) is 43.5. The number of unbranched alkanes of at least 4 members (excludes halogenated alkanes) is 30. The van der Waals surface area contributed by atoms with Gasteiger partial charge >= 0.3 is 5.97 Å². The van der Waals surface area contributed by atoms with Crippen LogP contribution in [0.5, 0.6) is 0 Å². The topological polar surface area (TPSA) is 81.4 Å². The number of rotatable bonds is 39. The summed E-state index contributed by atoms with van der Waals surface area (Å²) < 4.78 is 5.59. The van der Waals surface area contributed by atoms with Gasteiger partial charge in [0, 0.05) is 6.42 Å². The van der Waals surface area contributed by atoms with Gasteiger partial charge in [-0.05, 0) is 25.8 Å². The van der Waals surface area contributed by atoms with E-state index in [9.17, 15) is 9.59 Å². The molecular weight excluding hydrogens is 568 g/mol. The fourth-order valence-corrected chi connectivity index (χ4v) is 6.46. The van der Waals surface area contributed by atoms with Crippen LogP contribution >= 0.6 is 0 Å². The third kappa shape index (κ3) is 35.7. The third-order valence-electron chi connectivity index (χ3n) is 9.63. The van der Waals surface area contributed by atoms with Crippen molar-refractivity contribution in [1.82, 2.24) is 5.32 Å². The molecule has 0 unspecified atom stereocenters. The third-order valence-corrected chi connectivity index (χ3v) is 9.63. The number of primary amides is 1. The summed E-state index contributed by atoms with van der Waals surface area (Å²) in [5, 5.41) is 3.35. The van der Waals surface area contributed by atoms with E-state index in [1.54, 1.807) is 0 Å². The highest BCUT2D eigenvalue weighted by atomic mass is 16.5. The molecule has 0 rings (SSSR count). The van der Waals surface area contributed by atoms with E-state index in [-0.39, 0.29) is 18.3 Å². The number of nitrogens with one attached hydrogen (secondary N) is 1. The molecule has 1 amide bonds. The molecule has 0 bridgehead atoms. The maximum absolute atomic E-state index is 12.7. The van der Waals surface area contributed by atoms with Crippen molar-refractivity contribution in [3.8, 4) is 0 Å². The average Bonchev–Trinajstić information content (AvgIpc) is 3.05. The minimum atomic E-state index is -0.426. The Morgan fingerprint density at radius 3 is 1.11 bits per heavy atom. The Morgan fingerprint density at radius 2 is 0.783 bits per heavy atom. The number of hydrogen-bond donors (Lipinski definition) is 2. The van der Waals surface area contributed by atoms with Gasteiger partial charge in [0.25, 0.3) is 0 Å². The van der Waals surface area contributed by atoms with Gasteiger partial charge in [-0.15, -0.1) is 0 Å². The van der Waals surface area contributed by atoms with Crippen LogP contribution in [0.3, 0.4) is 0 Å². The number of ether oxygens (including phenoxy) is 1. The number of carbonyl (C=O) groups is 2. The van der Waals surface area contributed by atoms with Crippen molar-refractivity contribution < 1.29 is 14.3 Å². The van der Waals surface area contributed by atoms with Gasteiger partial charge < -0.3 is 15.8 Å². The van der Waals surface area contributed by atoms with E-state index in [4.69, 9.17) is 10.5 Å². The van der Waals surface area contributed by atoms with E-state index in [1.807, 2.05) is 0 Å². The Hall–Kier alpha value is -1.10. The number of hydrogen-bond acceptors (Lipinski definition) is 4. The molecule has 0 aliphatic rings. The second-order valence-electron chi connectivity index (χ2n) is 14.3. The van der Waals surface area contributed by atoms with Gasteiger partial charge in [0.05, 0.1) is 6.61 Å². The summed E-state index contributed by atoms with van der Waals surface area (Å²) in [5.41, 5.74) is 5.36. The summed E-state index contributed by atoms with van der Waals surface area (Å²) in [6.45, 7) is 5.83. The molecule has 5 nitrogen and oxygen atoms in total. The molecule has 0 aromatic heterocycles. The summed E-state index contributed by atoms with van der Waals surface area (Å²) in [4.78, 5) is 24.0. The highest BCUT2D eigenvalue weighted by Gasteiger charge is 2.19. The zero-order chi connectivity index (χ0) is 33.6. The molecule has 0 aromatic rings. The van der Waals surface area contributed by atoms with Crippen LogP contribution in [0, 0.1) is 0 Å². The lowest BCUT2D eigenvalue weighted by molar-refractivity contribution is -0.146. The molecule has 0 aliphatic heterocycles. The minimum absolute atomic E-state index is 0.213. The monoisotopic (exact) mass is 651 g/mol. The first-order valence-corrected chi connectivity index (χ1v) is 20.8. The Bertz CT molecular complexity index is 627. The molecule has 0 fully saturated rings. The predicted octanol–water partition coefficient (Wildman–Crippen LogP) is 12.3. The Labute approximate surface area is 288 Å². The maximum Gasteiger partial charge on any atom is 0.323 e. The fraction of sp³-hybridized carbons (Fsp3) is 0.951. The van der Waals surface area contributed by atoms with Gasteiger partial charge in [0.15, 0.2) is 0 Å². The SMILES string of the molecule is CCCCCCCCCCCCCCCCCCN[C@@H](CCC(N)=O)C(=O)OCCCCCCCCCCCCCCCCCC. The van der Waals surface area contributed by atoms with E-state index in [0.29, 0.717) is 13.0 Å². The zero-order valence-corrected chi connectivity index (χ0v) is 31.3. The molecule has 0 saturated heterocycles. The molecule has 0 heterocycles. The Morgan fingerprint density at radius 1 is 0.478 bits per heavy atom. The standard InChI is InChI=1S/C41H82N2O3/c1-3-5-7-9-11-13-15-17-19-21-23-25-27-29-31-33-37-43-39(35-36-40(42)44)41(45)46-38-34-32-30-28-26-24-22-20-18-16-14-12-10-8-6-4-2/h39,43H,3-38H2,1-2H3,(H2,42,44)/t39-/m0/s1. The van der Waals surface area contributed by atoms with Crippen molar-refractivity contribution >= 4 is 11.9 Å². The first kappa shape index (κ1) is 44.9. The van der Waals surface area contributed by atoms with Crippen molar-refractivity contribution in [2.45, 2.75) is 238 Å². The highest BCUT2D eigenvalue weighted by molar-refractivity contribution is 5.78. The quantitative estimate of drug-likeness (QED) is 0.0512. The lowest BCUT2D eigenvalue weighted by Gasteiger charge is -2.17. The summed E-state index contributed by atoms with van der Waals surface area (Å²) in [5.74, 6) is -0.585. The van der Waals surface area contributed by atoms with Crippen LogP contribution in [0.4, 0.5) is 0 Å². The molecule has 0 aliphatic carbocycles. The Balaban J connectivity index is 3.66. The summed E-state index contributed by atoms with van der Waals surface area (Å²) in [7, 11) is 0. The number of amides is 1. The van der Waals surface area contributed by atoms with Gasteiger partial charge in [-0.3, -0.25) is 9.59 Å². The molecule has 3 N–H and O–H groups in total. The van der Waals surface area contributed by atoms with Crippen molar-refractivity contribution in [1.29, 1.82) is 0 Å². The second kappa shape index (κ2) is 38.3. The van der Waals surface area contributed by atoms with E-state index >= 15 is 0 Å². The van der Waals surface area contributed by atoms with E-state index < -0.39 is 6.04 Å². The van der Waals surface area contributed by atoms with Gasteiger partial charge in [-0.2, -0.15) is 0 Å². The molecule has 0 saturated carbocycles. The van der Waals surface area contributed by atoms with Crippen LogP contribution in [0.25, 0.3) is 0 Å². The van der Waals surface area contributed by atoms with Crippen molar-refractivity contribution in [3.63, 3.8) is 0 Å². The molecule has 274 valence electrons. The van der Waals surface area contributed by atoms with E-state index in [2.05, 4.69) is 19.2 Å². The first-order valence-electron chi connectivity index (χ1n) is 20.8. The minimum Gasteiger partial charge on any atom is -0.465 e. The van der Waals surface area contributed by atoms with Crippen LogP contribution in [0.2, 0.25) is 0 Å². The van der Waals surface area contributed by atoms with Crippen LogP contribution in [0.15, 0.2) is 0 Å². The first-order chi connectivity index (χ1) is 22.6. The van der Waals surface area contributed by atoms with E-state index in [1.165, 1.54) is 186 Å². The lowest BCUT2D eigenvalue weighted by Crippen LogP contribution is -2.39. The predicted molar refractivity (Wildman–Crippen MR) is 200 cm³/mol. The molecule has 1 atom stereocenters. The van der Waals surface area contributed by atoms with Gasteiger partial charge in [0.2, 0.25) is 5.91 Å². The normalized spacial score (nSPS) is 12.0. The van der Waals surface area contributed by atoms with Crippen LogP contribution < -0.4 is 11.1 Å². The zero-order valence-electron chi connectivity index (χ0n) is 31.3. The lowest BCUT2D eigenvalue weighted by atomic mass is 10.0. The van der Waals surface area contributed by atoms with Crippen molar-refractivity contribution in [2.75, 3.05) is 13.2 Å². The molecule has 5 heteroatoms. The molecule has 0 spiro atoms. The smallest absolute Gasteiger partial charge is 0.323 e. The van der Waals surface area contributed by atoms with Crippen LogP contribution in [-0.2, 0) is 14.3 Å². The average molecular weight is 651 g/mol. The Kier molecular flexibility index (Phi) is 37.4. The van der Waals surface area contributed by atoms with Crippen molar-refractivity contribution in [2.24, 2.45) is 5.73 Å². The number of esters is 1. The van der Waals surface area contributed by atoms with Gasteiger partial charge in [-0.25, -0.2) is 0 Å². The number of carbonyl (C=O) groups excluding carboxylic acids is 2. The highest BCUT2D eigenvalue weighted by Crippen LogP contribution is 2.15. The molecule has 0 aromatic carbocycles. The molecule has 46 heavy (non-hydrogen) atoms. The number of nitrogens with two attached hydrogens (primary N) is 1. The second-order valence-corrected chi connectivity index (χ2v) is 14.3. The van der Waals surface area contributed by atoms with Crippen LogP contribution in [-0.4, -0.2) is 31.1 Å². The largest absolute Gasteiger partial charge is 0.465 e. The molecule has 0 radical (unpaired) electrons. The molecular formula is C41H82N2O3.